The minimum absolute atomic E-state index is 0.506. The number of nitrogens with zero attached hydrogens (tertiary/aromatic N) is 3. The van der Waals surface area contributed by atoms with Crippen LogP contribution in [0.25, 0.3) is 10.9 Å². The van der Waals surface area contributed by atoms with Gasteiger partial charge >= 0.3 is 0 Å². The molecule has 1 heterocycles. The van der Waals surface area contributed by atoms with Crippen molar-refractivity contribution in [1.82, 2.24) is 10.2 Å². The number of aromatic amines is 1. The molecule has 0 fully saturated rings. The Balaban J connectivity index is 2.93. The zero-order chi connectivity index (χ0) is 9.26. The largest absolute Gasteiger partial charge is 0.276 e. The molecule has 13 heavy (non-hydrogen) atoms. The first kappa shape index (κ1) is 7.33. The van der Waals surface area contributed by atoms with Crippen molar-refractivity contribution in [3.8, 4) is 12.1 Å². The van der Waals surface area contributed by atoms with Crippen LogP contribution in [0.3, 0.4) is 0 Å². The first-order valence-corrected chi connectivity index (χ1v) is 3.63. The van der Waals surface area contributed by atoms with Crippen molar-refractivity contribution in [2.45, 2.75) is 0 Å². The average molecular weight is 168 g/mol. The molecule has 0 saturated heterocycles. The molecule has 0 bridgehead atoms. The molecule has 4 heteroatoms. The van der Waals surface area contributed by atoms with Crippen LogP contribution >= 0.6 is 0 Å². The van der Waals surface area contributed by atoms with Gasteiger partial charge in [-0.3, -0.25) is 5.10 Å². The van der Waals surface area contributed by atoms with Gasteiger partial charge in [0.1, 0.15) is 6.07 Å². The maximum Gasteiger partial charge on any atom is 0.101 e. The third-order valence-electron chi connectivity index (χ3n) is 1.86. The van der Waals surface area contributed by atoms with Crippen LogP contribution < -0.4 is 0 Å². The van der Waals surface area contributed by atoms with Crippen molar-refractivity contribution in [3.63, 3.8) is 0 Å². The highest BCUT2D eigenvalue weighted by Gasteiger charge is 2.06. The Kier molecular flexibility index (Phi) is 1.47. The summed E-state index contributed by atoms with van der Waals surface area (Å²) in [6.07, 6.45) is 1.55. The van der Waals surface area contributed by atoms with Crippen LogP contribution in [0.5, 0.6) is 0 Å². The van der Waals surface area contributed by atoms with Gasteiger partial charge in [0.15, 0.2) is 0 Å². The van der Waals surface area contributed by atoms with Crippen LogP contribution in [0.1, 0.15) is 11.1 Å². The van der Waals surface area contributed by atoms with Gasteiger partial charge in [-0.15, -0.1) is 0 Å². The third-order valence-corrected chi connectivity index (χ3v) is 1.86. The second-order valence-corrected chi connectivity index (χ2v) is 2.54. The van der Waals surface area contributed by atoms with E-state index in [0.29, 0.717) is 22.0 Å². The molecule has 0 radical (unpaired) electrons. The van der Waals surface area contributed by atoms with Gasteiger partial charge in [-0.1, -0.05) is 0 Å². The van der Waals surface area contributed by atoms with Crippen molar-refractivity contribution in [2.24, 2.45) is 0 Å². The molecule has 0 unspecified atom stereocenters. The number of rotatable bonds is 0. The lowest BCUT2D eigenvalue weighted by atomic mass is 10.1. The van der Waals surface area contributed by atoms with Crippen molar-refractivity contribution in [1.29, 1.82) is 10.5 Å². The lowest BCUT2D eigenvalue weighted by Crippen LogP contribution is -1.81. The maximum absolute atomic E-state index is 8.74. The Bertz CT molecular complexity index is 491. The van der Waals surface area contributed by atoms with Gasteiger partial charge in [0, 0.05) is 5.39 Å². The quantitative estimate of drug-likeness (QED) is 0.644. The predicted molar refractivity (Wildman–Crippen MR) is 45.5 cm³/mol. The zero-order valence-electron chi connectivity index (χ0n) is 6.57. The molecule has 0 amide bonds. The summed E-state index contributed by atoms with van der Waals surface area (Å²) >= 11 is 0. The van der Waals surface area contributed by atoms with E-state index >= 15 is 0 Å². The summed E-state index contributed by atoms with van der Waals surface area (Å²) in [5.41, 5.74) is 1.66. The van der Waals surface area contributed by atoms with E-state index in [2.05, 4.69) is 10.2 Å². The highest BCUT2D eigenvalue weighted by Crippen LogP contribution is 2.18. The molecule has 1 aromatic heterocycles. The van der Waals surface area contributed by atoms with Gasteiger partial charge in [-0.05, 0) is 12.1 Å². The summed E-state index contributed by atoms with van der Waals surface area (Å²) in [4.78, 5) is 0. The third kappa shape index (κ3) is 0.935. The fraction of sp³-hybridized carbons (Fsp3) is 0. The lowest BCUT2D eigenvalue weighted by molar-refractivity contribution is 1.12. The fourth-order valence-electron chi connectivity index (χ4n) is 1.23. The molecular formula is C9H4N4. The standard InChI is InChI=1S/C9H4N4/c10-3-6-1-2-7(4-11)9-8(6)5-12-13-9/h1-2,5H,(H,12,13). The molecule has 0 aliphatic rings. The van der Waals surface area contributed by atoms with Crippen molar-refractivity contribution >= 4 is 10.9 Å². The number of H-pyrrole nitrogens is 1. The smallest absolute Gasteiger partial charge is 0.101 e. The molecule has 60 valence electrons. The summed E-state index contributed by atoms with van der Waals surface area (Å²) in [6, 6.07) is 7.30. The number of nitrogens with one attached hydrogen (secondary N) is 1. The number of hydrogen-bond donors (Lipinski definition) is 1. The van der Waals surface area contributed by atoms with Gasteiger partial charge in [0.25, 0.3) is 0 Å². The molecule has 2 rings (SSSR count). The van der Waals surface area contributed by atoms with E-state index in [1.54, 1.807) is 18.3 Å². The second-order valence-electron chi connectivity index (χ2n) is 2.54. The molecule has 0 atom stereocenters. The average Bonchev–Trinajstić information content (AvgIpc) is 2.64. The number of benzene rings is 1. The maximum atomic E-state index is 8.74. The Morgan fingerprint density at radius 3 is 2.54 bits per heavy atom. The van der Waals surface area contributed by atoms with Gasteiger partial charge in [0.05, 0.1) is 28.9 Å². The number of aromatic nitrogens is 2. The van der Waals surface area contributed by atoms with Gasteiger partial charge in [0.2, 0.25) is 0 Å². The summed E-state index contributed by atoms with van der Waals surface area (Å²) in [5, 5.41) is 24.7. The van der Waals surface area contributed by atoms with Crippen molar-refractivity contribution in [3.05, 3.63) is 29.5 Å². The van der Waals surface area contributed by atoms with Crippen LogP contribution in [-0.2, 0) is 0 Å². The van der Waals surface area contributed by atoms with Crippen LogP contribution in [0, 0.1) is 22.7 Å². The van der Waals surface area contributed by atoms with E-state index in [4.69, 9.17) is 10.5 Å². The summed E-state index contributed by atoms with van der Waals surface area (Å²) in [7, 11) is 0. The Morgan fingerprint density at radius 1 is 1.15 bits per heavy atom. The molecule has 0 aliphatic carbocycles. The molecule has 4 nitrogen and oxygen atoms in total. The minimum Gasteiger partial charge on any atom is -0.276 e. The first-order chi connectivity index (χ1) is 6.36. The highest BCUT2D eigenvalue weighted by molar-refractivity contribution is 5.88. The number of hydrogen-bond acceptors (Lipinski definition) is 3. The van der Waals surface area contributed by atoms with Crippen molar-refractivity contribution < 1.29 is 0 Å². The molecule has 1 aromatic carbocycles. The molecular weight excluding hydrogens is 164 g/mol. The normalized spacial score (nSPS) is 9.38. The van der Waals surface area contributed by atoms with Crippen LogP contribution in [0.4, 0.5) is 0 Å². The Morgan fingerprint density at radius 2 is 1.85 bits per heavy atom. The van der Waals surface area contributed by atoms with Gasteiger partial charge in [-0.25, -0.2) is 0 Å². The number of fused-ring (bicyclic) bond motifs is 1. The molecule has 1 N–H and O–H groups in total. The summed E-state index contributed by atoms with van der Waals surface area (Å²) < 4.78 is 0. The second kappa shape index (κ2) is 2.62. The minimum atomic E-state index is 0.506. The van der Waals surface area contributed by atoms with Crippen LogP contribution in [0.15, 0.2) is 18.3 Å². The predicted octanol–water partition coefficient (Wildman–Crippen LogP) is 1.31. The van der Waals surface area contributed by atoms with E-state index in [1.807, 2.05) is 12.1 Å². The van der Waals surface area contributed by atoms with Crippen molar-refractivity contribution in [2.75, 3.05) is 0 Å². The van der Waals surface area contributed by atoms with E-state index in [0.717, 1.165) is 0 Å². The summed E-state index contributed by atoms with van der Waals surface area (Å²) in [6.45, 7) is 0. The SMILES string of the molecule is N#Cc1ccc(C#N)c2[nH]ncc12. The molecule has 0 saturated carbocycles. The van der Waals surface area contributed by atoms with Crippen LogP contribution in [0.2, 0.25) is 0 Å². The Hall–Kier alpha value is -2.33. The van der Waals surface area contributed by atoms with Gasteiger partial charge in [-0.2, -0.15) is 15.6 Å². The van der Waals surface area contributed by atoms with E-state index < -0.39 is 0 Å². The summed E-state index contributed by atoms with van der Waals surface area (Å²) in [5.74, 6) is 0. The molecule has 0 spiro atoms. The number of nitriles is 2. The molecule has 0 aliphatic heterocycles. The lowest BCUT2D eigenvalue weighted by Gasteiger charge is -1.93. The topological polar surface area (TPSA) is 76.3 Å². The zero-order valence-corrected chi connectivity index (χ0v) is 6.57. The van der Waals surface area contributed by atoms with Crippen LogP contribution in [-0.4, -0.2) is 10.2 Å². The fourth-order valence-corrected chi connectivity index (χ4v) is 1.23. The molecule has 2 aromatic rings. The highest BCUT2D eigenvalue weighted by atomic mass is 15.1. The first-order valence-electron chi connectivity index (χ1n) is 3.63. The van der Waals surface area contributed by atoms with E-state index in [-0.39, 0.29) is 0 Å². The monoisotopic (exact) mass is 168 g/mol. The van der Waals surface area contributed by atoms with Gasteiger partial charge < -0.3 is 0 Å². The van der Waals surface area contributed by atoms with E-state index in [1.165, 1.54) is 0 Å². The van der Waals surface area contributed by atoms with E-state index in [9.17, 15) is 0 Å². The Labute approximate surface area is 74.0 Å².